The van der Waals surface area contributed by atoms with E-state index in [1.54, 1.807) is 31.2 Å². The largest absolute Gasteiger partial charge is 0.490 e. The summed E-state index contributed by atoms with van der Waals surface area (Å²) in [7, 11) is 0. The third kappa shape index (κ3) is 6.50. The lowest BCUT2D eigenvalue weighted by atomic mass is 10.1. The Morgan fingerprint density at radius 2 is 1.74 bits per heavy atom. The van der Waals surface area contributed by atoms with Crippen molar-refractivity contribution in [3.05, 3.63) is 40.3 Å². The summed E-state index contributed by atoms with van der Waals surface area (Å²) in [6, 6.07) is 6.57. The molecule has 0 bridgehead atoms. The van der Waals surface area contributed by atoms with Crippen molar-refractivity contribution in [1.82, 2.24) is 4.90 Å². The minimum Gasteiger partial charge on any atom is -0.490 e. The second kappa shape index (κ2) is 12.4. The van der Waals surface area contributed by atoms with E-state index in [-0.39, 0.29) is 25.0 Å². The lowest BCUT2D eigenvalue weighted by molar-refractivity contribution is -0.134. The van der Waals surface area contributed by atoms with Crippen LogP contribution in [0.25, 0.3) is 0 Å². The summed E-state index contributed by atoms with van der Waals surface area (Å²) in [4.78, 5) is 40.5. The number of nitrogens with zero attached hydrogens (tertiary/aromatic N) is 1. The molecule has 0 radical (unpaired) electrons. The summed E-state index contributed by atoms with van der Waals surface area (Å²) in [5, 5.41) is 3.27. The maximum Gasteiger partial charge on any atom is 0.341 e. The number of benzene rings is 1. The maximum absolute atomic E-state index is 13.0. The van der Waals surface area contributed by atoms with E-state index in [0.29, 0.717) is 34.2 Å². The summed E-state index contributed by atoms with van der Waals surface area (Å²) in [5.74, 6) is -0.120. The van der Waals surface area contributed by atoms with Gasteiger partial charge in [-0.05, 0) is 63.8 Å². The molecule has 8 nitrogen and oxygen atoms in total. The lowest BCUT2D eigenvalue weighted by Crippen LogP contribution is -2.38. The highest BCUT2D eigenvalue weighted by Crippen LogP contribution is 2.32. The maximum atomic E-state index is 13.0. The van der Waals surface area contributed by atoms with Crippen LogP contribution in [0.4, 0.5) is 5.00 Å². The molecule has 2 aromatic rings. The van der Waals surface area contributed by atoms with E-state index in [4.69, 9.17) is 14.2 Å². The molecule has 1 aromatic heterocycles. The summed E-state index contributed by atoms with van der Waals surface area (Å²) in [5.41, 5.74) is 0.692. The Morgan fingerprint density at radius 3 is 2.41 bits per heavy atom. The van der Waals surface area contributed by atoms with Crippen molar-refractivity contribution in [2.45, 2.75) is 46.5 Å². The van der Waals surface area contributed by atoms with Crippen LogP contribution in [-0.4, -0.2) is 55.6 Å². The first-order valence-electron chi connectivity index (χ1n) is 11.7. The van der Waals surface area contributed by atoms with E-state index in [0.717, 1.165) is 43.6 Å². The molecule has 3 rings (SSSR count). The predicted octanol–water partition coefficient (Wildman–Crippen LogP) is 4.53. The predicted molar refractivity (Wildman–Crippen MR) is 131 cm³/mol. The molecule has 0 aliphatic carbocycles. The molecule has 0 spiro atoms. The van der Waals surface area contributed by atoms with E-state index in [1.807, 2.05) is 18.7 Å². The van der Waals surface area contributed by atoms with Gasteiger partial charge in [0.25, 0.3) is 11.8 Å². The normalized spacial score (nSPS) is 13.3. The van der Waals surface area contributed by atoms with Gasteiger partial charge in [0.1, 0.15) is 5.00 Å². The second-order valence-corrected chi connectivity index (χ2v) is 8.95. The van der Waals surface area contributed by atoms with Crippen molar-refractivity contribution in [2.75, 3.05) is 38.2 Å². The molecule has 0 saturated carbocycles. The van der Waals surface area contributed by atoms with Crippen LogP contribution >= 0.6 is 11.3 Å². The molecule has 1 aliphatic heterocycles. The number of aryl methyl sites for hydroxylation is 1. The monoisotopic (exact) mass is 488 g/mol. The van der Waals surface area contributed by atoms with Crippen LogP contribution < -0.4 is 14.8 Å². The summed E-state index contributed by atoms with van der Waals surface area (Å²) >= 11 is 1.35. The molecule has 2 amide bonds. The van der Waals surface area contributed by atoms with Crippen LogP contribution in [-0.2, 0) is 16.0 Å². The van der Waals surface area contributed by atoms with Gasteiger partial charge in [-0.15, -0.1) is 11.3 Å². The second-order valence-electron chi connectivity index (χ2n) is 7.81. The van der Waals surface area contributed by atoms with Crippen LogP contribution in [0.2, 0.25) is 0 Å². The van der Waals surface area contributed by atoms with Crippen molar-refractivity contribution in [2.24, 2.45) is 0 Å². The standard InChI is InChI=1S/C25H32N2O6S/c1-4-18-15-19(25(30)32-6-3)24(34-18)26-23(29)17-10-11-20(21(14-17)31-5-2)33-16-22(28)27-12-8-7-9-13-27/h10-11,14-15H,4-9,12-13,16H2,1-3H3,(H,26,29). The van der Waals surface area contributed by atoms with Crippen molar-refractivity contribution in [3.8, 4) is 11.5 Å². The Hall–Kier alpha value is -3.07. The Balaban J connectivity index is 1.73. The highest BCUT2D eigenvalue weighted by molar-refractivity contribution is 7.16. The minimum atomic E-state index is -0.467. The molecule has 0 unspecified atom stereocenters. The summed E-state index contributed by atoms with van der Waals surface area (Å²) in [6.45, 7) is 7.62. The number of thiophene rings is 1. The molecule has 2 heterocycles. The number of anilines is 1. The topological polar surface area (TPSA) is 94.2 Å². The molecule has 1 fully saturated rings. The number of nitrogens with one attached hydrogen (secondary N) is 1. The van der Waals surface area contributed by atoms with Gasteiger partial charge in [-0.3, -0.25) is 9.59 Å². The van der Waals surface area contributed by atoms with Gasteiger partial charge in [-0.1, -0.05) is 6.92 Å². The Morgan fingerprint density at radius 1 is 0.971 bits per heavy atom. The number of esters is 1. The number of piperidine rings is 1. The Bertz CT molecular complexity index is 1010. The van der Waals surface area contributed by atoms with Gasteiger partial charge >= 0.3 is 5.97 Å². The van der Waals surface area contributed by atoms with Gasteiger partial charge in [-0.2, -0.15) is 0 Å². The van der Waals surface area contributed by atoms with Crippen LogP contribution in [0.5, 0.6) is 11.5 Å². The Kier molecular flexibility index (Phi) is 9.33. The molecule has 9 heteroatoms. The van der Waals surface area contributed by atoms with Crippen molar-refractivity contribution in [3.63, 3.8) is 0 Å². The minimum absolute atomic E-state index is 0.0557. The number of hydrogen-bond donors (Lipinski definition) is 1. The quantitative estimate of drug-likeness (QED) is 0.494. The van der Waals surface area contributed by atoms with Crippen LogP contribution in [0.1, 0.15) is 65.6 Å². The SMILES string of the molecule is CCOC(=O)c1cc(CC)sc1NC(=O)c1ccc(OCC(=O)N2CCCCC2)c(OCC)c1. The van der Waals surface area contributed by atoms with Gasteiger partial charge in [0.15, 0.2) is 18.1 Å². The first-order valence-corrected chi connectivity index (χ1v) is 12.6. The number of carbonyl (C=O) groups is 3. The number of carbonyl (C=O) groups excluding carboxylic acids is 3. The number of hydrogen-bond acceptors (Lipinski definition) is 7. The fraction of sp³-hybridized carbons (Fsp3) is 0.480. The van der Waals surface area contributed by atoms with Crippen molar-refractivity contribution in [1.29, 1.82) is 0 Å². The molecule has 1 saturated heterocycles. The zero-order valence-corrected chi connectivity index (χ0v) is 20.8. The fourth-order valence-corrected chi connectivity index (χ4v) is 4.64. The summed E-state index contributed by atoms with van der Waals surface area (Å²) in [6.07, 6.45) is 3.92. The summed E-state index contributed by atoms with van der Waals surface area (Å²) < 4.78 is 16.5. The van der Waals surface area contributed by atoms with Gasteiger partial charge in [0.2, 0.25) is 0 Å². The number of likely N-dealkylation sites (tertiary alicyclic amines) is 1. The molecule has 1 aromatic carbocycles. The van der Waals surface area contributed by atoms with Gasteiger partial charge in [-0.25, -0.2) is 4.79 Å². The smallest absolute Gasteiger partial charge is 0.341 e. The zero-order valence-electron chi connectivity index (χ0n) is 20.0. The van der Waals surface area contributed by atoms with E-state index < -0.39 is 5.97 Å². The molecular formula is C25H32N2O6S. The molecule has 184 valence electrons. The van der Waals surface area contributed by atoms with E-state index >= 15 is 0 Å². The highest BCUT2D eigenvalue weighted by atomic mass is 32.1. The first-order chi connectivity index (χ1) is 16.5. The van der Waals surface area contributed by atoms with E-state index in [1.165, 1.54) is 11.3 Å². The van der Waals surface area contributed by atoms with Crippen LogP contribution in [0.3, 0.4) is 0 Å². The third-order valence-electron chi connectivity index (χ3n) is 5.42. The number of amides is 2. The third-order valence-corrected chi connectivity index (χ3v) is 6.61. The van der Waals surface area contributed by atoms with Gasteiger partial charge in [0.05, 0.1) is 18.8 Å². The fourth-order valence-electron chi connectivity index (χ4n) is 3.66. The van der Waals surface area contributed by atoms with Crippen LogP contribution in [0, 0.1) is 0 Å². The first kappa shape index (κ1) is 25.6. The average molecular weight is 489 g/mol. The van der Waals surface area contributed by atoms with Crippen molar-refractivity contribution < 1.29 is 28.6 Å². The van der Waals surface area contributed by atoms with Crippen molar-refractivity contribution >= 4 is 34.1 Å². The number of ether oxygens (including phenoxy) is 3. The van der Waals surface area contributed by atoms with Gasteiger partial charge < -0.3 is 24.4 Å². The highest BCUT2D eigenvalue weighted by Gasteiger charge is 2.21. The zero-order chi connectivity index (χ0) is 24.5. The molecular weight excluding hydrogens is 456 g/mol. The molecule has 34 heavy (non-hydrogen) atoms. The lowest BCUT2D eigenvalue weighted by Gasteiger charge is -2.26. The van der Waals surface area contributed by atoms with E-state index in [2.05, 4.69) is 5.32 Å². The van der Waals surface area contributed by atoms with Gasteiger partial charge in [0, 0.05) is 23.5 Å². The van der Waals surface area contributed by atoms with E-state index in [9.17, 15) is 14.4 Å². The average Bonchev–Trinajstić information content (AvgIpc) is 3.26. The van der Waals surface area contributed by atoms with Crippen LogP contribution in [0.15, 0.2) is 24.3 Å². The Labute approximate surface area is 204 Å². The number of rotatable bonds is 10. The molecule has 1 aliphatic rings. The molecule has 0 atom stereocenters. The molecule has 1 N–H and O–H groups in total.